The number of hydrogen-bond donors (Lipinski definition) is 0. The molecular weight excluding hydrogens is 442 g/mol. The van der Waals surface area contributed by atoms with Crippen molar-refractivity contribution >= 4 is 32.6 Å². The van der Waals surface area contributed by atoms with Crippen molar-refractivity contribution in [2.24, 2.45) is 5.92 Å². The van der Waals surface area contributed by atoms with Gasteiger partial charge in [0.05, 0.1) is 11.4 Å². The average molecular weight is 479 g/mol. The number of rotatable bonds is 8. The molecule has 0 unspecified atom stereocenters. The zero-order valence-corrected chi connectivity index (χ0v) is 20.6. The zero-order chi connectivity index (χ0) is 21.6. The molecule has 0 spiro atoms. The first-order chi connectivity index (χ1) is 15.2. The molecule has 1 fully saturated rings. The first kappa shape index (κ1) is 22.5. The van der Waals surface area contributed by atoms with Gasteiger partial charge in [0, 0.05) is 4.47 Å². The fraction of sp³-hybridized carbons (Fsp3) is 0.483. The predicted octanol–water partition coefficient (Wildman–Crippen LogP) is 9.26. The fourth-order valence-electron chi connectivity index (χ4n) is 5.44. The molecule has 2 heteroatoms. The van der Waals surface area contributed by atoms with Crippen LogP contribution in [0.2, 0.25) is 0 Å². The Kier molecular flexibility index (Phi) is 7.82. The number of nitrogens with zero attached hydrogens (tertiary/aromatic N) is 1. The summed E-state index contributed by atoms with van der Waals surface area (Å²) >= 11 is 3.75. The van der Waals surface area contributed by atoms with Gasteiger partial charge in [-0.2, -0.15) is 0 Å². The van der Waals surface area contributed by atoms with Gasteiger partial charge in [0.15, 0.2) is 0 Å². The van der Waals surface area contributed by atoms with Crippen LogP contribution in [0.15, 0.2) is 47.4 Å². The van der Waals surface area contributed by atoms with Crippen LogP contribution in [0, 0.1) is 5.92 Å². The van der Waals surface area contributed by atoms with Gasteiger partial charge in [-0.25, -0.2) is 4.98 Å². The first-order valence-corrected chi connectivity index (χ1v) is 13.1. The topological polar surface area (TPSA) is 12.9 Å². The monoisotopic (exact) mass is 477 g/mol. The molecule has 2 aromatic rings. The maximum absolute atomic E-state index is 5.05. The average Bonchev–Trinajstić information content (AvgIpc) is 3.29. The minimum Gasteiger partial charge on any atom is -0.248 e. The van der Waals surface area contributed by atoms with E-state index < -0.39 is 0 Å². The Labute approximate surface area is 197 Å². The van der Waals surface area contributed by atoms with E-state index in [9.17, 15) is 0 Å². The molecule has 164 valence electrons. The lowest BCUT2D eigenvalue weighted by atomic mass is 9.84. The van der Waals surface area contributed by atoms with E-state index in [0.717, 1.165) is 48.6 Å². The Morgan fingerprint density at radius 2 is 1.84 bits per heavy atom. The normalized spacial score (nSPS) is 17.4. The van der Waals surface area contributed by atoms with Crippen LogP contribution < -0.4 is 0 Å². The Hall–Kier alpha value is -1.67. The van der Waals surface area contributed by atoms with Crippen molar-refractivity contribution in [2.75, 3.05) is 0 Å². The molecule has 2 aliphatic carbocycles. The molecule has 31 heavy (non-hydrogen) atoms. The standard InChI is InChI=1S/C29H36BrN/c1-3-9-21(2)28-14-8-15-29(31-28)26-13-7-12-25(26)27-20-24(30)19-18-23(27)17-16-22-10-5-4-6-11-22/h8,14-15,18-20,22H,2-7,9-13,16-17H2,1H3. The van der Waals surface area contributed by atoms with Crippen molar-refractivity contribution in [3.63, 3.8) is 0 Å². The van der Waals surface area contributed by atoms with E-state index in [1.54, 1.807) is 0 Å². The number of halogens is 1. The third-order valence-corrected chi connectivity index (χ3v) is 7.63. The molecule has 1 aromatic heterocycles. The molecule has 1 heterocycles. The van der Waals surface area contributed by atoms with E-state index in [-0.39, 0.29) is 0 Å². The largest absolute Gasteiger partial charge is 0.248 e. The zero-order valence-electron chi connectivity index (χ0n) is 19.1. The molecule has 0 amide bonds. The Bertz CT molecular complexity index is 949. The van der Waals surface area contributed by atoms with Gasteiger partial charge >= 0.3 is 0 Å². The molecule has 0 atom stereocenters. The Balaban J connectivity index is 1.64. The maximum atomic E-state index is 5.05. The summed E-state index contributed by atoms with van der Waals surface area (Å²) in [4.78, 5) is 5.05. The summed E-state index contributed by atoms with van der Waals surface area (Å²) in [6, 6.07) is 13.4. The van der Waals surface area contributed by atoms with Crippen LogP contribution in [-0.4, -0.2) is 4.98 Å². The van der Waals surface area contributed by atoms with Crippen LogP contribution >= 0.6 is 15.9 Å². The number of hydrogen-bond acceptors (Lipinski definition) is 1. The molecule has 1 aromatic carbocycles. The van der Waals surface area contributed by atoms with E-state index in [4.69, 9.17) is 4.98 Å². The van der Waals surface area contributed by atoms with E-state index in [1.807, 2.05) is 0 Å². The Morgan fingerprint density at radius 3 is 2.65 bits per heavy atom. The first-order valence-electron chi connectivity index (χ1n) is 12.3. The number of allylic oxidation sites excluding steroid dienone is 3. The van der Waals surface area contributed by atoms with Crippen molar-refractivity contribution in [3.8, 4) is 0 Å². The molecular formula is C29H36BrN. The van der Waals surface area contributed by atoms with Crippen LogP contribution in [0.1, 0.15) is 100 Å². The highest BCUT2D eigenvalue weighted by atomic mass is 79.9. The van der Waals surface area contributed by atoms with Gasteiger partial charge in [-0.1, -0.05) is 80.1 Å². The van der Waals surface area contributed by atoms with E-state index >= 15 is 0 Å². The van der Waals surface area contributed by atoms with Gasteiger partial charge < -0.3 is 0 Å². The second-order valence-corrected chi connectivity index (χ2v) is 10.3. The van der Waals surface area contributed by atoms with E-state index in [2.05, 4.69) is 65.8 Å². The van der Waals surface area contributed by atoms with Crippen molar-refractivity contribution in [3.05, 3.63) is 70.0 Å². The second-order valence-electron chi connectivity index (χ2n) is 9.42. The molecule has 1 saturated carbocycles. The Morgan fingerprint density at radius 1 is 1.03 bits per heavy atom. The molecule has 1 nitrogen and oxygen atoms in total. The van der Waals surface area contributed by atoms with Crippen LogP contribution in [0.4, 0.5) is 0 Å². The fourth-order valence-corrected chi connectivity index (χ4v) is 5.80. The highest BCUT2D eigenvalue weighted by molar-refractivity contribution is 9.10. The molecule has 0 bridgehead atoms. The highest BCUT2D eigenvalue weighted by Crippen LogP contribution is 2.42. The van der Waals surface area contributed by atoms with Gasteiger partial charge in [0.25, 0.3) is 0 Å². The lowest BCUT2D eigenvalue weighted by molar-refractivity contribution is 0.339. The van der Waals surface area contributed by atoms with E-state index in [1.165, 1.54) is 78.1 Å². The molecule has 0 aliphatic heterocycles. The number of aryl methyl sites for hydroxylation is 1. The summed E-state index contributed by atoms with van der Waals surface area (Å²) in [7, 11) is 0. The molecule has 0 N–H and O–H groups in total. The minimum absolute atomic E-state index is 0.921. The summed E-state index contributed by atoms with van der Waals surface area (Å²) < 4.78 is 1.18. The number of benzene rings is 1. The van der Waals surface area contributed by atoms with Crippen molar-refractivity contribution in [1.82, 2.24) is 4.98 Å². The summed E-state index contributed by atoms with van der Waals surface area (Å²) in [5, 5.41) is 0. The molecule has 4 rings (SSSR count). The SMILES string of the molecule is C=C(CCC)c1cccc(C2=C(c3cc(Br)ccc3CCC3CCCCC3)CCC2)n1. The van der Waals surface area contributed by atoms with Gasteiger partial charge in [0.2, 0.25) is 0 Å². The summed E-state index contributed by atoms with van der Waals surface area (Å²) in [6.45, 7) is 6.47. The van der Waals surface area contributed by atoms with Crippen LogP contribution in [0.3, 0.4) is 0 Å². The van der Waals surface area contributed by atoms with Gasteiger partial charge in [0.1, 0.15) is 0 Å². The van der Waals surface area contributed by atoms with E-state index in [0.29, 0.717) is 0 Å². The number of pyridine rings is 1. The summed E-state index contributed by atoms with van der Waals surface area (Å²) in [5.74, 6) is 0.921. The predicted molar refractivity (Wildman–Crippen MR) is 138 cm³/mol. The molecule has 0 saturated heterocycles. The second kappa shape index (κ2) is 10.8. The maximum Gasteiger partial charge on any atom is 0.0671 e. The highest BCUT2D eigenvalue weighted by Gasteiger charge is 2.22. The lowest BCUT2D eigenvalue weighted by Crippen LogP contribution is -2.08. The number of aromatic nitrogens is 1. The van der Waals surface area contributed by atoms with Crippen LogP contribution in [0.25, 0.3) is 16.7 Å². The van der Waals surface area contributed by atoms with Crippen LogP contribution in [-0.2, 0) is 6.42 Å². The minimum atomic E-state index is 0.921. The van der Waals surface area contributed by atoms with Crippen molar-refractivity contribution < 1.29 is 0 Å². The summed E-state index contributed by atoms with van der Waals surface area (Å²) in [6.07, 6.45) is 15.3. The van der Waals surface area contributed by atoms with Gasteiger partial charge in [-0.15, -0.1) is 0 Å². The molecule has 2 aliphatic rings. The van der Waals surface area contributed by atoms with Gasteiger partial charge in [-0.05, 0) is 96.6 Å². The quantitative estimate of drug-likeness (QED) is 0.368. The smallest absolute Gasteiger partial charge is 0.0671 e. The third-order valence-electron chi connectivity index (χ3n) is 7.13. The van der Waals surface area contributed by atoms with Gasteiger partial charge in [-0.3, -0.25) is 0 Å². The van der Waals surface area contributed by atoms with Crippen molar-refractivity contribution in [1.29, 1.82) is 0 Å². The van der Waals surface area contributed by atoms with Crippen LogP contribution in [0.5, 0.6) is 0 Å². The lowest BCUT2D eigenvalue weighted by Gasteiger charge is -2.22. The van der Waals surface area contributed by atoms with Crippen molar-refractivity contribution in [2.45, 2.75) is 84.0 Å². The summed E-state index contributed by atoms with van der Waals surface area (Å²) in [5.41, 5.74) is 9.31. The third kappa shape index (κ3) is 5.58. The molecule has 0 radical (unpaired) electrons.